The maximum atomic E-state index is 12.3. The number of methoxy groups -OCH3 is 2. The number of nitrogens with zero attached hydrogens (tertiary/aromatic N) is 1. The van der Waals surface area contributed by atoms with Crippen molar-refractivity contribution < 1.29 is 19.0 Å². The van der Waals surface area contributed by atoms with E-state index in [1.807, 2.05) is 36.6 Å². The van der Waals surface area contributed by atoms with Gasteiger partial charge in [-0.25, -0.2) is 4.98 Å². The lowest BCUT2D eigenvalue weighted by atomic mass is 9.86. The standard InChI is InChI=1S/C22H28N2O4S/c1-22(2,3)15-10-7-8-12-18(15)28-20-16(11-9-13-23-20)24-19(29-6)14-17(25)21(26-4)27-5/h7-14,21,24H,1-6H3/b19-14-. The van der Waals surface area contributed by atoms with E-state index < -0.39 is 6.29 Å². The van der Waals surface area contributed by atoms with Crippen molar-refractivity contribution in [2.75, 3.05) is 25.8 Å². The van der Waals surface area contributed by atoms with Crippen LogP contribution in [0.2, 0.25) is 0 Å². The highest BCUT2D eigenvalue weighted by atomic mass is 32.2. The summed E-state index contributed by atoms with van der Waals surface area (Å²) in [6, 6.07) is 11.6. The van der Waals surface area contributed by atoms with Crippen molar-refractivity contribution in [1.29, 1.82) is 0 Å². The largest absolute Gasteiger partial charge is 0.437 e. The first kappa shape index (κ1) is 22.9. The minimum atomic E-state index is -0.942. The molecule has 0 aliphatic heterocycles. The molecule has 0 bridgehead atoms. The van der Waals surface area contributed by atoms with Crippen LogP contribution in [0.3, 0.4) is 0 Å². The van der Waals surface area contributed by atoms with Crippen LogP contribution >= 0.6 is 11.8 Å². The normalized spacial score (nSPS) is 12.2. The van der Waals surface area contributed by atoms with E-state index in [0.29, 0.717) is 16.6 Å². The fraction of sp³-hybridized carbons (Fsp3) is 0.364. The monoisotopic (exact) mass is 416 g/mol. The first-order valence-electron chi connectivity index (χ1n) is 9.14. The molecule has 0 aliphatic carbocycles. The lowest BCUT2D eigenvalue weighted by Gasteiger charge is -2.23. The zero-order valence-corrected chi connectivity index (χ0v) is 18.5. The zero-order chi connectivity index (χ0) is 21.4. The summed E-state index contributed by atoms with van der Waals surface area (Å²) >= 11 is 1.39. The van der Waals surface area contributed by atoms with Gasteiger partial charge in [0.2, 0.25) is 18.0 Å². The number of hydrogen-bond donors (Lipinski definition) is 1. The van der Waals surface area contributed by atoms with Gasteiger partial charge in [0.05, 0.1) is 5.03 Å². The minimum Gasteiger partial charge on any atom is -0.437 e. The molecule has 0 saturated heterocycles. The Morgan fingerprint density at radius 2 is 1.83 bits per heavy atom. The Bertz CT molecular complexity index is 858. The van der Waals surface area contributed by atoms with Gasteiger partial charge in [-0.3, -0.25) is 4.79 Å². The number of pyridine rings is 1. The van der Waals surface area contributed by atoms with Crippen molar-refractivity contribution in [3.63, 3.8) is 0 Å². The predicted molar refractivity (Wildman–Crippen MR) is 117 cm³/mol. The van der Waals surface area contributed by atoms with Crippen LogP contribution in [0.25, 0.3) is 0 Å². The number of hydrogen-bond acceptors (Lipinski definition) is 7. The third-order valence-corrected chi connectivity index (χ3v) is 4.74. The lowest BCUT2D eigenvalue weighted by molar-refractivity contribution is -0.151. The van der Waals surface area contributed by atoms with Crippen LogP contribution < -0.4 is 10.1 Å². The predicted octanol–water partition coefficient (Wildman–Crippen LogP) is 4.98. The van der Waals surface area contributed by atoms with Crippen molar-refractivity contribution >= 4 is 23.2 Å². The fourth-order valence-electron chi connectivity index (χ4n) is 2.65. The average molecular weight is 417 g/mol. The van der Waals surface area contributed by atoms with E-state index >= 15 is 0 Å². The second kappa shape index (κ2) is 10.4. The highest BCUT2D eigenvalue weighted by Gasteiger charge is 2.20. The molecule has 29 heavy (non-hydrogen) atoms. The molecule has 0 spiro atoms. The lowest BCUT2D eigenvalue weighted by Crippen LogP contribution is -2.23. The highest BCUT2D eigenvalue weighted by Crippen LogP contribution is 2.36. The van der Waals surface area contributed by atoms with Gasteiger partial charge in [0.1, 0.15) is 11.4 Å². The first-order valence-corrected chi connectivity index (χ1v) is 10.4. The molecule has 0 fully saturated rings. The molecule has 1 heterocycles. The Balaban J connectivity index is 2.31. The van der Waals surface area contributed by atoms with Crippen LogP contribution in [-0.2, 0) is 19.7 Å². The molecular weight excluding hydrogens is 388 g/mol. The molecular formula is C22H28N2O4S. The van der Waals surface area contributed by atoms with Gasteiger partial charge in [-0.2, -0.15) is 0 Å². The van der Waals surface area contributed by atoms with E-state index in [0.717, 1.165) is 11.3 Å². The van der Waals surface area contributed by atoms with Crippen molar-refractivity contribution in [2.24, 2.45) is 0 Å². The number of thioether (sulfide) groups is 1. The maximum absolute atomic E-state index is 12.3. The van der Waals surface area contributed by atoms with E-state index in [1.54, 1.807) is 12.3 Å². The molecule has 1 aromatic heterocycles. The summed E-state index contributed by atoms with van der Waals surface area (Å²) in [5, 5.41) is 3.84. The molecule has 0 radical (unpaired) electrons. The van der Waals surface area contributed by atoms with Crippen LogP contribution in [0, 0.1) is 0 Å². The van der Waals surface area contributed by atoms with Gasteiger partial charge >= 0.3 is 0 Å². The second-order valence-electron chi connectivity index (χ2n) is 7.25. The molecule has 2 aromatic rings. The first-order chi connectivity index (χ1) is 13.8. The van der Waals surface area contributed by atoms with E-state index in [-0.39, 0.29) is 11.2 Å². The number of rotatable bonds is 9. The smallest absolute Gasteiger partial charge is 0.243 e. The number of ether oxygens (including phenoxy) is 3. The number of carbonyl (C=O) groups excluding carboxylic acids is 1. The van der Waals surface area contributed by atoms with Crippen LogP contribution in [-0.4, -0.2) is 37.5 Å². The van der Waals surface area contributed by atoms with Gasteiger partial charge in [-0.15, -0.1) is 11.8 Å². The van der Waals surface area contributed by atoms with Gasteiger partial charge in [-0.1, -0.05) is 39.0 Å². The molecule has 0 amide bonds. The minimum absolute atomic E-state index is 0.0783. The highest BCUT2D eigenvalue weighted by molar-refractivity contribution is 8.02. The van der Waals surface area contributed by atoms with Crippen LogP contribution in [0.15, 0.2) is 53.7 Å². The zero-order valence-electron chi connectivity index (χ0n) is 17.7. The summed E-state index contributed by atoms with van der Waals surface area (Å²) in [6.07, 6.45) is 4.04. The van der Waals surface area contributed by atoms with E-state index in [4.69, 9.17) is 14.2 Å². The second-order valence-corrected chi connectivity index (χ2v) is 8.10. The summed E-state index contributed by atoms with van der Waals surface area (Å²) in [7, 11) is 2.84. The van der Waals surface area contributed by atoms with Gasteiger partial charge in [0, 0.05) is 32.1 Å². The number of nitrogens with one attached hydrogen (secondary N) is 1. The topological polar surface area (TPSA) is 69.7 Å². The van der Waals surface area contributed by atoms with E-state index in [2.05, 4.69) is 31.1 Å². The quantitative estimate of drug-likeness (QED) is 0.457. The number of aromatic nitrogens is 1. The molecule has 7 heteroatoms. The Morgan fingerprint density at radius 3 is 2.45 bits per heavy atom. The molecule has 0 saturated carbocycles. The molecule has 1 N–H and O–H groups in total. The SMILES string of the molecule is COC(OC)C(=O)/C=C(/Nc1cccnc1Oc1ccccc1C(C)(C)C)SC. The fourth-order valence-corrected chi connectivity index (χ4v) is 3.10. The van der Waals surface area contributed by atoms with Crippen molar-refractivity contribution in [3.8, 4) is 11.6 Å². The van der Waals surface area contributed by atoms with Crippen LogP contribution in [0.1, 0.15) is 26.3 Å². The number of benzene rings is 1. The molecule has 0 unspecified atom stereocenters. The van der Waals surface area contributed by atoms with E-state index in [9.17, 15) is 4.79 Å². The van der Waals surface area contributed by atoms with Crippen molar-refractivity contribution in [2.45, 2.75) is 32.5 Å². The van der Waals surface area contributed by atoms with Crippen molar-refractivity contribution in [1.82, 2.24) is 4.98 Å². The molecule has 0 aliphatic rings. The van der Waals surface area contributed by atoms with Gasteiger partial charge in [-0.05, 0) is 29.9 Å². The Kier molecular flexibility index (Phi) is 8.25. The number of ketones is 1. The molecule has 156 valence electrons. The maximum Gasteiger partial charge on any atom is 0.243 e. The summed E-state index contributed by atoms with van der Waals surface area (Å²) < 4.78 is 16.2. The Labute approximate surface area is 176 Å². The van der Waals surface area contributed by atoms with Crippen LogP contribution in [0.5, 0.6) is 11.6 Å². The summed E-state index contributed by atoms with van der Waals surface area (Å²) in [6.45, 7) is 6.40. The van der Waals surface area contributed by atoms with Crippen molar-refractivity contribution in [3.05, 3.63) is 59.3 Å². The number of para-hydroxylation sites is 1. The Hall–Kier alpha value is -2.35. The number of anilines is 1. The molecule has 1 aromatic carbocycles. The van der Waals surface area contributed by atoms with Gasteiger partial charge in [0.15, 0.2) is 0 Å². The van der Waals surface area contributed by atoms with Crippen LogP contribution in [0.4, 0.5) is 5.69 Å². The third-order valence-electron chi connectivity index (χ3n) is 4.08. The van der Waals surface area contributed by atoms with Gasteiger partial charge in [0.25, 0.3) is 0 Å². The molecule has 0 atom stereocenters. The Morgan fingerprint density at radius 1 is 1.14 bits per heavy atom. The summed E-state index contributed by atoms with van der Waals surface area (Å²) in [4.78, 5) is 16.6. The average Bonchev–Trinajstić information content (AvgIpc) is 2.69. The third kappa shape index (κ3) is 6.32. The number of carbonyl (C=O) groups is 1. The van der Waals surface area contributed by atoms with Gasteiger partial charge < -0.3 is 19.5 Å². The summed E-state index contributed by atoms with van der Waals surface area (Å²) in [5.41, 5.74) is 1.65. The molecule has 6 nitrogen and oxygen atoms in total. The van der Waals surface area contributed by atoms with E-state index in [1.165, 1.54) is 32.1 Å². The summed E-state index contributed by atoms with van der Waals surface area (Å²) in [5.74, 6) is 0.870. The molecule has 2 rings (SSSR count).